The standard InChI is InChI=1S/C51H63BrN11O5P/c1-7-32-29-40(56-50-53-31-37(52)48(58-50)55-39-16-15-38-36(47(39)69(5,6)67)14-13-34(8-2)54-38)44(68-4)30-43(32)61-23-20-35(21-24-61)60-27-25-59(26-28-60)22-19-33-11-10-12-41-46(33)62(9-3)51(66)63(41)42-17-18-45(64)57-49(42)65/h10-16,29-31,35,42H,7-9,17-28H2,1-6H3,(H,57,64,65)(H2,53,55,56,58). The van der Waals surface area contributed by atoms with Gasteiger partial charge in [-0.15, -0.1) is 0 Å². The molecule has 1 unspecified atom stereocenters. The monoisotopic (exact) mass is 1020 g/mol. The Kier molecular flexibility index (Phi) is 14.3. The number of piperidine rings is 2. The van der Waals surface area contributed by atoms with Gasteiger partial charge in [-0.3, -0.25) is 33.9 Å². The molecule has 364 valence electrons. The van der Waals surface area contributed by atoms with Crippen LogP contribution in [0.4, 0.5) is 28.8 Å². The van der Waals surface area contributed by atoms with E-state index >= 15 is 0 Å². The highest BCUT2D eigenvalue weighted by Crippen LogP contribution is 2.42. The number of amides is 2. The van der Waals surface area contributed by atoms with Crippen molar-refractivity contribution in [2.75, 3.05) is 81.8 Å². The SMILES string of the molecule is CCc1ccc2c(P(C)(C)=O)c(Nc3nc(Nc4cc(CC)c(N5CCC(N6CCN(CCc7cccc8c7n(CC)c(=O)n8C7CCC(=O)NC7=O)CC6)CC5)cc4OC)ncc3Br)ccc2n1. The first-order valence-corrected chi connectivity index (χ1v) is 27.7. The minimum absolute atomic E-state index is 0.201. The fourth-order valence-corrected chi connectivity index (χ4v) is 12.3. The van der Waals surface area contributed by atoms with Crippen molar-refractivity contribution in [3.05, 3.63) is 92.6 Å². The van der Waals surface area contributed by atoms with Crippen LogP contribution in [0.5, 0.6) is 5.75 Å². The lowest BCUT2D eigenvalue weighted by molar-refractivity contribution is -0.135. The fraction of sp³-hybridized carbons (Fsp3) is 0.451. The smallest absolute Gasteiger partial charge is 0.329 e. The number of hydrogen-bond acceptors (Lipinski definition) is 13. The van der Waals surface area contributed by atoms with Crippen LogP contribution < -0.4 is 36.6 Å². The van der Waals surface area contributed by atoms with Gasteiger partial charge in [0.15, 0.2) is 0 Å². The third kappa shape index (κ3) is 9.93. The molecule has 0 spiro atoms. The summed E-state index contributed by atoms with van der Waals surface area (Å²) in [5, 5.41) is 10.9. The normalized spacial score (nSPS) is 17.7. The number of benzene rings is 3. The third-order valence-electron chi connectivity index (χ3n) is 14.2. The summed E-state index contributed by atoms with van der Waals surface area (Å²) in [6, 6.07) is 18.0. The molecule has 3 N–H and O–H groups in total. The van der Waals surface area contributed by atoms with E-state index < -0.39 is 19.1 Å². The van der Waals surface area contributed by atoms with Crippen LogP contribution in [-0.2, 0) is 40.0 Å². The number of rotatable bonds is 15. The zero-order chi connectivity index (χ0) is 48.6. The van der Waals surface area contributed by atoms with E-state index in [2.05, 4.69) is 83.6 Å². The van der Waals surface area contributed by atoms with Crippen LogP contribution in [0, 0.1) is 0 Å². The van der Waals surface area contributed by atoms with Gasteiger partial charge in [0.05, 0.1) is 39.5 Å². The number of aromatic nitrogens is 5. The highest BCUT2D eigenvalue weighted by Gasteiger charge is 2.33. The summed E-state index contributed by atoms with van der Waals surface area (Å²) in [5.74, 6) is 0.934. The lowest BCUT2D eigenvalue weighted by Gasteiger charge is -2.43. The summed E-state index contributed by atoms with van der Waals surface area (Å²) < 4.78 is 23.8. The van der Waals surface area contributed by atoms with Gasteiger partial charge in [0.1, 0.15) is 24.8 Å². The van der Waals surface area contributed by atoms with Crippen molar-refractivity contribution in [3.8, 4) is 5.75 Å². The van der Waals surface area contributed by atoms with E-state index in [9.17, 15) is 18.9 Å². The number of aryl methyl sites for hydroxylation is 3. The Bertz CT molecular complexity index is 3030. The Balaban J connectivity index is 0.824. The number of pyridine rings is 1. The molecule has 18 heteroatoms. The summed E-state index contributed by atoms with van der Waals surface area (Å²) in [4.78, 5) is 60.3. The van der Waals surface area contributed by atoms with Crippen LogP contribution in [0.25, 0.3) is 21.9 Å². The molecule has 2 amide bonds. The molecular formula is C51H63BrN11O5P. The molecule has 16 nitrogen and oxygen atoms in total. The molecule has 0 aliphatic carbocycles. The Labute approximate surface area is 411 Å². The van der Waals surface area contributed by atoms with Gasteiger partial charge in [0.25, 0.3) is 0 Å². The number of anilines is 5. The lowest BCUT2D eigenvalue weighted by atomic mass is 9.99. The number of para-hydroxylation sites is 1. The molecule has 0 radical (unpaired) electrons. The number of piperazine rings is 1. The van der Waals surface area contributed by atoms with Crippen LogP contribution in [-0.4, -0.2) is 118 Å². The van der Waals surface area contributed by atoms with Gasteiger partial charge in [-0.05, 0) is 116 Å². The molecule has 0 saturated carbocycles. The number of fused-ring (bicyclic) bond motifs is 2. The van der Waals surface area contributed by atoms with Gasteiger partial charge in [-0.2, -0.15) is 4.98 Å². The minimum Gasteiger partial charge on any atom is -0.494 e. The summed E-state index contributed by atoms with van der Waals surface area (Å²) in [5.41, 5.74) is 8.23. The first-order valence-electron chi connectivity index (χ1n) is 24.3. The summed E-state index contributed by atoms with van der Waals surface area (Å²) in [6.07, 6.45) is 6.87. The molecule has 3 fully saturated rings. The van der Waals surface area contributed by atoms with E-state index in [0.29, 0.717) is 46.7 Å². The second kappa shape index (κ2) is 20.4. The van der Waals surface area contributed by atoms with E-state index in [1.165, 1.54) is 11.3 Å². The van der Waals surface area contributed by atoms with Crippen molar-refractivity contribution < 1.29 is 18.9 Å². The number of methoxy groups -OCH3 is 1. The largest absolute Gasteiger partial charge is 0.494 e. The molecule has 1 atom stereocenters. The Hall–Kier alpha value is -5.61. The van der Waals surface area contributed by atoms with Crippen LogP contribution >= 0.6 is 23.1 Å². The first kappa shape index (κ1) is 48.4. The predicted octanol–water partition coefficient (Wildman–Crippen LogP) is 7.60. The van der Waals surface area contributed by atoms with E-state index in [1.807, 2.05) is 43.3 Å². The second-order valence-corrected chi connectivity index (χ2v) is 22.7. The lowest BCUT2D eigenvalue weighted by Crippen LogP contribution is -2.53. The van der Waals surface area contributed by atoms with E-state index in [1.54, 1.807) is 35.8 Å². The zero-order valence-corrected chi connectivity index (χ0v) is 43.0. The number of carbonyl (C=O) groups excluding carboxylic acids is 2. The predicted molar refractivity (Wildman–Crippen MR) is 279 cm³/mol. The number of halogens is 1. The topological polar surface area (TPSA) is 172 Å². The molecule has 6 aromatic rings. The Morgan fingerprint density at radius 1 is 0.870 bits per heavy atom. The number of ether oxygens (including phenoxy) is 1. The highest BCUT2D eigenvalue weighted by molar-refractivity contribution is 9.10. The summed E-state index contributed by atoms with van der Waals surface area (Å²) in [7, 11) is -1.05. The van der Waals surface area contributed by atoms with E-state index in [4.69, 9.17) is 14.7 Å². The summed E-state index contributed by atoms with van der Waals surface area (Å²) in [6.45, 7) is 17.1. The first-order chi connectivity index (χ1) is 33.3. The third-order valence-corrected chi connectivity index (χ3v) is 16.3. The van der Waals surface area contributed by atoms with Gasteiger partial charge < -0.3 is 29.7 Å². The quantitative estimate of drug-likeness (QED) is 0.0680. The number of imide groups is 1. The van der Waals surface area contributed by atoms with Gasteiger partial charge >= 0.3 is 5.69 Å². The second-order valence-electron chi connectivity index (χ2n) is 18.7. The van der Waals surface area contributed by atoms with E-state index in [-0.39, 0.29) is 18.0 Å². The number of hydrogen-bond donors (Lipinski definition) is 3. The maximum atomic E-state index is 13.7. The van der Waals surface area contributed by atoms with Crippen LogP contribution in [0.2, 0.25) is 0 Å². The molecule has 3 aliphatic heterocycles. The van der Waals surface area contributed by atoms with Crippen LogP contribution in [0.15, 0.2) is 70.1 Å². The van der Waals surface area contributed by atoms with Gasteiger partial charge in [0.2, 0.25) is 17.8 Å². The average Bonchev–Trinajstić information content (AvgIpc) is 3.64. The van der Waals surface area contributed by atoms with Crippen molar-refractivity contribution in [3.63, 3.8) is 0 Å². The molecule has 3 aromatic heterocycles. The molecular weight excluding hydrogens is 958 g/mol. The van der Waals surface area contributed by atoms with Crippen molar-refractivity contribution in [2.45, 2.75) is 84.3 Å². The van der Waals surface area contributed by atoms with Crippen molar-refractivity contribution in [2.24, 2.45) is 0 Å². The van der Waals surface area contributed by atoms with E-state index in [0.717, 1.165) is 122 Å². The molecule has 3 aliphatic rings. The molecule has 69 heavy (non-hydrogen) atoms. The molecule has 6 heterocycles. The summed E-state index contributed by atoms with van der Waals surface area (Å²) >= 11 is 3.64. The molecule has 0 bridgehead atoms. The Morgan fingerprint density at radius 3 is 2.35 bits per heavy atom. The zero-order valence-electron chi connectivity index (χ0n) is 40.5. The van der Waals surface area contributed by atoms with Crippen molar-refractivity contribution in [1.82, 2.24) is 39.2 Å². The number of nitrogens with one attached hydrogen (secondary N) is 3. The highest BCUT2D eigenvalue weighted by atomic mass is 79.9. The van der Waals surface area contributed by atoms with Gasteiger partial charge in [0, 0.05) is 99.2 Å². The minimum atomic E-state index is -2.74. The maximum Gasteiger partial charge on any atom is 0.329 e. The molecule has 3 saturated heterocycles. The van der Waals surface area contributed by atoms with Crippen molar-refractivity contribution >= 4 is 91.0 Å². The fourth-order valence-electron chi connectivity index (χ4n) is 10.6. The molecule has 3 aromatic carbocycles. The van der Waals surface area contributed by atoms with Crippen LogP contribution in [0.1, 0.15) is 69.3 Å². The Morgan fingerprint density at radius 2 is 1.65 bits per heavy atom. The van der Waals surface area contributed by atoms with Crippen LogP contribution in [0.3, 0.4) is 0 Å². The van der Waals surface area contributed by atoms with Gasteiger partial charge in [-0.25, -0.2) is 9.78 Å². The number of imidazole rings is 1. The van der Waals surface area contributed by atoms with Crippen molar-refractivity contribution in [1.29, 1.82) is 0 Å². The number of nitrogens with zero attached hydrogens (tertiary/aromatic N) is 8. The molecule has 9 rings (SSSR count). The van der Waals surface area contributed by atoms with Gasteiger partial charge in [-0.1, -0.05) is 32.0 Å². The maximum absolute atomic E-state index is 13.7. The average molecular weight is 1020 g/mol. The number of carbonyl (C=O) groups is 2.